The number of carbonyl (C=O) groups is 1. The molecule has 1 N–H and O–H groups in total. The van der Waals surface area contributed by atoms with E-state index in [0.717, 1.165) is 12.0 Å². The van der Waals surface area contributed by atoms with Gasteiger partial charge in [-0.15, -0.1) is 0 Å². The van der Waals surface area contributed by atoms with Gasteiger partial charge in [0.05, 0.1) is 0 Å². The minimum absolute atomic E-state index is 0.0190. The van der Waals surface area contributed by atoms with Gasteiger partial charge in [-0.25, -0.2) is 4.79 Å². The van der Waals surface area contributed by atoms with Gasteiger partial charge in [0.1, 0.15) is 17.1 Å². The molecule has 20 heavy (non-hydrogen) atoms. The van der Waals surface area contributed by atoms with Crippen molar-refractivity contribution in [1.29, 1.82) is 0 Å². The molecule has 0 bridgehead atoms. The maximum absolute atomic E-state index is 11.2. The van der Waals surface area contributed by atoms with E-state index in [0.29, 0.717) is 15.8 Å². The van der Waals surface area contributed by atoms with Crippen molar-refractivity contribution in [2.45, 2.75) is 13.3 Å². The van der Waals surface area contributed by atoms with Gasteiger partial charge in [-0.05, 0) is 48.4 Å². The summed E-state index contributed by atoms with van der Waals surface area (Å²) in [7, 11) is 0. The summed E-state index contributed by atoms with van der Waals surface area (Å²) in [5.74, 6) is -0.311. The molecule has 2 aromatic rings. The molecular formula is C15H12Cl2O3. The second kappa shape index (κ2) is 6.16. The van der Waals surface area contributed by atoms with Crippen LogP contribution < -0.4 is 4.74 Å². The van der Waals surface area contributed by atoms with Crippen LogP contribution in [0.25, 0.3) is 0 Å². The number of rotatable bonds is 4. The van der Waals surface area contributed by atoms with Gasteiger partial charge in [0.25, 0.3) is 0 Å². The predicted molar refractivity (Wildman–Crippen MR) is 79.3 cm³/mol. The summed E-state index contributed by atoms with van der Waals surface area (Å²) in [6.45, 7) is 1.98. The van der Waals surface area contributed by atoms with E-state index in [1.54, 1.807) is 24.3 Å². The fourth-order valence-corrected chi connectivity index (χ4v) is 2.19. The van der Waals surface area contributed by atoms with Crippen molar-refractivity contribution in [2.24, 2.45) is 0 Å². The SMILES string of the molecule is CCc1cc(Oc2ccc(Cl)cc2C(=O)O)ccc1Cl. The van der Waals surface area contributed by atoms with Gasteiger partial charge in [0.15, 0.2) is 0 Å². The highest BCUT2D eigenvalue weighted by Gasteiger charge is 2.13. The normalized spacial score (nSPS) is 10.3. The molecule has 0 aromatic heterocycles. The average Bonchev–Trinajstić information content (AvgIpc) is 2.42. The summed E-state index contributed by atoms with van der Waals surface area (Å²) in [5.41, 5.74) is 0.959. The van der Waals surface area contributed by atoms with E-state index in [9.17, 15) is 4.79 Å². The lowest BCUT2D eigenvalue weighted by Crippen LogP contribution is -2.00. The van der Waals surface area contributed by atoms with Crippen molar-refractivity contribution >= 4 is 29.2 Å². The molecule has 0 atom stereocenters. The van der Waals surface area contributed by atoms with Crippen LogP contribution in [-0.2, 0) is 6.42 Å². The van der Waals surface area contributed by atoms with E-state index in [2.05, 4.69) is 0 Å². The number of carboxylic acids is 1. The lowest BCUT2D eigenvalue weighted by atomic mass is 10.1. The largest absolute Gasteiger partial charge is 0.478 e. The molecule has 3 nitrogen and oxygen atoms in total. The molecule has 0 unspecified atom stereocenters. The first-order chi connectivity index (χ1) is 9.51. The highest BCUT2D eigenvalue weighted by atomic mass is 35.5. The molecule has 0 saturated carbocycles. The zero-order chi connectivity index (χ0) is 14.7. The minimum Gasteiger partial charge on any atom is -0.478 e. The van der Waals surface area contributed by atoms with Crippen molar-refractivity contribution in [3.05, 3.63) is 57.6 Å². The van der Waals surface area contributed by atoms with Crippen molar-refractivity contribution in [3.63, 3.8) is 0 Å². The number of halogens is 2. The number of carboxylic acid groups (broad SMARTS) is 1. The fourth-order valence-electron chi connectivity index (χ4n) is 1.77. The Bertz CT molecular complexity index is 654. The van der Waals surface area contributed by atoms with Crippen LogP contribution in [0.4, 0.5) is 0 Å². The van der Waals surface area contributed by atoms with E-state index >= 15 is 0 Å². The lowest BCUT2D eigenvalue weighted by Gasteiger charge is -2.10. The van der Waals surface area contributed by atoms with Gasteiger partial charge < -0.3 is 9.84 Å². The van der Waals surface area contributed by atoms with Crippen molar-refractivity contribution in [3.8, 4) is 11.5 Å². The molecule has 0 amide bonds. The van der Waals surface area contributed by atoms with Gasteiger partial charge in [-0.1, -0.05) is 30.1 Å². The third-order valence-corrected chi connectivity index (χ3v) is 3.40. The highest BCUT2D eigenvalue weighted by molar-refractivity contribution is 6.31. The summed E-state index contributed by atoms with van der Waals surface area (Å²) >= 11 is 11.8. The number of ether oxygens (including phenoxy) is 1. The van der Waals surface area contributed by atoms with Crippen molar-refractivity contribution in [2.75, 3.05) is 0 Å². The van der Waals surface area contributed by atoms with Crippen LogP contribution in [0.5, 0.6) is 11.5 Å². The average molecular weight is 311 g/mol. The Labute approximate surface area is 126 Å². The second-order valence-corrected chi connectivity index (χ2v) is 5.00. The first-order valence-electron chi connectivity index (χ1n) is 6.00. The molecule has 5 heteroatoms. The van der Waals surface area contributed by atoms with Crippen LogP contribution in [0.2, 0.25) is 10.0 Å². The molecule has 0 radical (unpaired) electrons. The van der Waals surface area contributed by atoms with Crippen LogP contribution in [0.1, 0.15) is 22.8 Å². The Balaban J connectivity index is 2.37. The summed E-state index contributed by atoms with van der Waals surface area (Å²) in [6.07, 6.45) is 0.766. The van der Waals surface area contributed by atoms with Crippen molar-refractivity contribution in [1.82, 2.24) is 0 Å². The molecule has 104 valence electrons. The number of aromatic carboxylic acids is 1. The van der Waals surface area contributed by atoms with Crippen LogP contribution in [0.3, 0.4) is 0 Å². The second-order valence-electron chi connectivity index (χ2n) is 4.15. The van der Waals surface area contributed by atoms with E-state index in [1.807, 2.05) is 6.92 Å². The number of hydrogen-bond donors (Lipinski definition) is 1. The molecule has 2 aromatic carbocycles. The standard InChI is InChI=1S/C15H12Cl2O3/c1-2-9-7-11(4-5-13(9)17)20-14-6-3-10(16)8-12(14)15(18)19/h3-8H,2H2,1H3,(H,18,19). The number of benzene rings is 2. The Morgan fingerprint density at radius 2 is 1.95 bits per heavy atom. The smallest absolute Gasteiger partial charge is 0.339 e. The quantitative estimate of drug-likeness (QED) is 0.859. The molecule has 0 aliphatic rings. The molecule has 0 aliphatic carbocycles. The Kier molecular flexibility index (Phi) is 4.53. The predicted octanol–water partition coefficient (Wildman–Crippen LogP) is 5.05. The third-order valence-electron chi connectivity index (χ3n) is 2.80. The maximum atomic E-state index is 11.2. The zero-order valence-electron chi connectivity index (χ0n) is 10.7. The van der Waals surface area contributed by atoms with E-state index < -0.39 is 5.97 Å². The molecular weight excluding hydrogens is 299 g/mol. The first kappa shape index (κ1) is 14.7. The van der Waals surface area contributed by atoms with Crippen LogP contribution in [0.15, 0.2) is 36.4 Å². The van der Waals surface area contributed by atoms with Gasteiger partial charge in [0.2, 0.25) is 0 Å². The Morgan fingerprint density at radius 1 is 1.20 bits per heavy atom. The van der Waals surface area contributed by atoms with E-state index in [1.165, 1.54) is 12.1 Å². The third kappa shape index (κ3) is 3.24. The topological polar surface area (TPSA) is 46.5 Å². The van der Waals surface area contributed by atoms with Gasteiger partial charge in [0, 0.05) is 10.0 Å². The number of hydrogen-bond acceptors (Lipinski definition) is 2. The number of aryl methyl sites for hydroxylation is 1. The summed E-state index contributed by atoms with van der Waals surface area (Å²) < 4.78 is 5.63. The van der Waals surface area contributed by atoms with Crippen LogP contribution in [0, 0.1) is 0 Å². The van der Waals surface area contributed by atoms with Gasteiger partial charge in [-0.2, -0.15) is 0 Å². The maximum Gasteiger partial charge on any atom is 0.339 e. The van der Waals surface area contributed by atoms with Gasteiger partial charge >= 0.3 is 5.97 Å². The summed E-state index contributed by atoms with van der Waals surface area (Å²) in [5, 5.41) is 10.2. The van der Waals surface area contributed by atoms with Gasteiger partial charge in [-0.3, -0.25) is 0 Å². The summed E-state index contributed by atoms with van der Waals surface area (Å²) in [4.78, 5) is 11.2. The molecule has 0 saturated heterocycles. The zero-order valence-corrected chi connectivity index (χ0v) is 12.2. The highest BCUT2D eigenvalue weighted by Crippen LogP contribution is 2.30. The molecule has 0 heterocycles. The summed E-state index contributed by atoms with van der Waals surface area (Å²) in [6, 6.07) is 9.69. The Hall–Kier alpha value is -1.71. The van der Waals surface area contributed by atoms with E-state index in [4.69, 9.17) is 33.0 Å². The molecule has 2 rings (SSSR count). The molecule has 0 spiro atoms. The van der Waals surface area contributed by atoms with E-state index in [-0.39, 0.29) is 11.3 Å². The van der Waals surface area contributed by atoms with Crippen LogP contribution >= 0.6 is 23.2 Å². The molecule has 0 fully saturated rings. The Morgan fingerprint density at radius 3 is 2.60 bits per heavy atom. The monoisotopic (exact) mass is 310 g/mol. The van der Waals surface area contributed by atoms with Crippen molar-refractivity contribution < 1.29 is 14.6 Å². The first-order valence-corrected chi connectivity index (χ1v) is 6.76. The van der Waals surface area contributed by atoms with Crippen LogP contribution in [-0.4, -0.2) is 11.1 Å². The minimum atomic E-state index is -1.09. The molecule has 0 aliphatic heterocycles. The fraction of sp³-hybridized carbons (Fsp3) is 0.133. The lowest BCUT2D eigenvalue weighted by molar-refractivity contribution is 0.0694.